The highest BCUT2D eigenvalue weighted by Crippen LogP contribution is 2.23. The molecule has 2 rings (SSSR count). The number of nitrogens with two attached hydrogens (primary N) is 1. The van der Waals surface area contributed by atoms with Gasteiger partial charge in [-0.25, -0.2) is 4.39 Å². The van der Waals surface area contributed by atoms with Crippen LogP contribution in [0.5, 0.6) is 0 Å². The van der Waals surface area contributed by atoms with Crippen molar-refractivity contribution in [1.29, 1.82) is 0 Å². The van der Waals surface area contributed by atoms with Crippen LogP contribution in [0.3, 0.4) is 0 Å². The van der Waals surface area contributed by atoms with Crippen molar-refractivity contribution in [1.82, 2.24) is 0 Å². The van der Waals surface area contributed by atoms with Gasteiger partial charge >= 0.3 is 0 Å². The van der Waals surface area contributed by atoms with E-state index in [1.165, 1.54) is 6.07 Å². The van der Waals surface area contributed by atoms with Crippen molar-refractivity contribution in [2.45, 2.75) is 6.04 Å². The summed E-state index contributed by atoms with van der Waals surface area (Å²) < 4.78 is 13.4. The Bertz CT molecular complexity index is 411. The van der Waals surface area contributed by atoms with Crippen LogP contribution >= 0.6 is 11.3 Å². The van der Waals surface area contributed by atoms with E-state index in [1.54, 1.807) is 29.5 Å². The molecule has 1 aromatic carbocycles. The van der Waals surface area contributed by atoms with E-state index >= 15 is 0 Å². The molecule has 0 saturated heterocycles. The van der Waals surface area contributed by atoms with Gasteiger partial charge in [-0.05, 0) is 28.5 Å². The van der Waals surface area contributed by atoms with Crippen molar-refractivity contribution in [2.24, 2.45) is 5.73 Å². The molecule has 1 atom stereocenters. The van der Waals surface area contributed by atoms with Crippen molar-refractivity contribution in [3.63, 3.8) is 0 Å². The highest BCUT2D eigenvalue weighted by molar-refractivity contribution is 7.08. The molecule has 0 amide bonds. The molecular formula is C11H10FNS. The highest BCUT2D eigenvalue weighted by atomic mass is 32.1. The van der Waals surface area contributed by atoms with Crippen LogP contribution in [0.2, 0.25) is 0 Å². The number of rotatable bonds is 2. The minimum atomic E-state index is -0.359. The second-order valence-corrected chi connectivity index (χ2v) is 3.84. The Kier molecular flexibility index (Phi) is 2.61. The van der Waals surface area contributed by atoms with Crippen molar-refractivity contribution < 1.29 is 4.39 Å². The Hall–Kier alpha value is -1.19. The van der Waals surface area contributed by atoms with Gasteiger partial charge in [-0.2, -0.15) is 11.3 Å². The lowest BCUT2D eigenvalue weighted by Gasteiger charge is -2.10. The molecule has 0 spiro atoms. The Morgan fingerprint density at radius 3 is 2.64 bits per heavy atom. The summed E-state index contributed by atoms with van der Waals surface area (Å²) in [6.07, 6.45) is 0. The van der Waals surface area contributed by atoms with E-state index in [0.29, 0.717) is 5.56 Å². The lowest BCUT2D eigenvalue weighted by atomic mass is 10.0. The first-order chi connectivity index (χ1) is 6.79. The Balaban J connectivity index is 2.37. The monoisotopic (exact) mass is 207 g/mol. The van der Waals surface area contributed by atoms with Gasteiger partial charge in [-0.1, -0.05) is 18.2 Å². The summed E-state index contributed by atoms with van der Waals surface area (Å²) in [6.45, 7) is 0. The number of hydrogen-bond acceptors (Lipinski definition) is 2. The third-order valence-corrected chi connectivity index (χ3v) is 2.84. The lowest BCUT2D eigenvalue weighted by molar-refractivity contribution is 0.600. The van der Waals surface area contributed by atoms with E-state index in [4.69, 9.17) is 5.73 Å². The Morgan fingerprint density at radius 2 is 2.00 bits per heavy atom. The molecule has 0 fully saturated rings. The zero-order chi connectivity index (χ0) is 9.97. The van der Waals surface area contributed by atoms with E-state index in [9.17, 15) is 4.39 Å². The first-order valence-corrected chi connectivity index (χ1v) is 5.25. The van der Waals surface area contributed by atoms with Gasteiger partial charge in [-0.3, -0.25) is 0 Å². The molecule has 2 aromatic rings. The fourth-order valence-electron chi connectivity index (χ4n) is 1.36. The maximum absolute atomic E-state index is 13.4. The van der Waals surface area contributed by atoms with Crippen LogP contribution in [0.15, 0.2) is 41.1 Å². The molecule has 0 aliphatic carbocycles. The topological polar surface area (TPSA) is 26.0 Å². The SMILES string of the molecule is N[C@H](c1ccsc1)c1ccccc1F. The van der Waals surface area contributed by atoms with Crippen molar-refractivity contribution >= 4 is 11.3 Å². The Labute approximate surface area is 86.0 Å². The quantitative estimate of drug-likeness (QED) is 0.805. The van der Waals surface area contributed by atoms with Crippen LogP contribution in [0.25, 0.3) is 0 Å². The van der Waals surface area contributed by atoms with Crippen molar-refractivity contribution in [3.05, 3.63) is 58.0 Å². The standard InChI is InChI=1S/C11H10FNS/c12-10-4-2-1-3-9(10)11(13)8-5-6-14-7-8/h1-7,11H,13H2/t11-/m1/s1. The summed E-state index contributed by atoms with van der Waals surface area (Å²) >= 11 is 1.57. The van der Waals surface area contributed by atoms with Gasteiger partial charge in [0, 0.05) is 5.56 Å². The van der Waals surface area contributed by atoms with Crippen LogP contribution in [0.1, 0.15) is 17.2 Å². The van der Waals surface area contributed by atoms with E-state index in [0.717, 1.165) is 5.56 Å². The molecule has 2 N–H and O–H groups in total. The summed E-state index contributed by atoms with van der Waals surface area (Å²) in [4.78, 5) is 0. The molecule has 14 heavy (non-hydrogen) atoms. The van der Waals surface area contributed by atoms with Gasteiger partial charge < -0.3 is 5.73 Å². The largest absolute Gasteiger partial charge is 0.320 e. The van der Waals surface area contributed by atoms with E-state index in [2.05, 4.69) is 0 Å². The molecule has 0 saturated carbocycles. The molecule has 3 heteroatoms. The molecule has 72 valence electrons. The van der Waals surface area contributed by atoms with Crippen LogP contribution in [0, 0.1) is 5.82 Å². The molecule has 0 bridgehead atoms. The summed E-state index contributed by atoms with van der Waals surface area (Å²) in [5, 5.41) is 3.88. The average Bonchev–Trinajstić information content (AvgIpc) is 2.70. The van der Waals surface area contributed by atoms with Gasteiger partial charge in [0.2, 0.25) is 0 Å². The van der Waals surface area contributed by atoms with E-state index < -0.39 is 0 Å². The molecule has 1 heterocycles. The predicted molar refractivity (Wildman–Crippen MR) is 56.7 cm³/mol. The zero-order valence-corrected chi connectivity index (χ0v) is 8.30. The molecule has 0 aliphatic heterocycles. The molecular weight excluding hydrogens is 197 g/mol. The summed E-state index contributed by atoms with van der Waals surface area (Å²) in [6, 6.07) is 8.17. The van der Waals surface area contributed by atoms with Gasteiger partial charge in [-0.15, -0.1) is 0 Å². The van der Waals surface area contributed by atoms with Crippen LogP contribution in [-0.4, -0.2) is 0 Å². The zero-order valence-electron chi connectivity index (χ0n) is 7.48. The fourth-order valence-corrected chi connectivity index (χ4v) is 2.06. The molecule has 0 radical (unpaired) electrons. The maximum Gasteiger partial charge on any atom is 0.128 e. The second-order valence-electron chi connectivity index (χ2n) is 3.06. The summed E-state index contributed by atoms with van der Waals surface area (Å²) in [5.41, 5.74) is 7.43. The summed E-state index contributed by atoms with van der Waals surface area (Å²) in [5.74, 6) is -0.244. The van der Waals surface area contributed by atoms with Crippen LogP contribution < -0.4 is 5.73 Å². The number of thiophene rings is 1. The normalized spacial score (nSPS) is 12.7. The number of hydrogen-bond donors (Lipinski definition) is 1. The molecule has 0 unspecified atom stereocenters. The van der Waals surface area contributed by atoms with E-state index in [-0.39, 0.29) is 11.9 Å². The van der Waals surface area contributed by atoms with Crippen LogP contribution in [-0.2, 0) is 0 Å². The van der Waals surface area contributed by atoms with E-state index in [1.807, 2.05) is 16.8 Å². The fraction of sp³-hybridized carbons (Fsp3) is 0.0909. The van der Waals surface area contributed by atoms with Gasteiger partial charge in [0.25, 0.3) is 0 Å². The smallest absolute Gasteiger partial charge is 0.128 e. The second kappa shape index (κ2) is 3.90. The Morgan fingerprint density at radius 1 is 1.21 bits per heavy atom. The minimum absolute atomic E-state index is 0.244. The molecule has 0 aliphatic rings. The third-order valence-electron chi connectivity index (χ3n) is 2.14. The predicted octanol–water partition coefficient (Wildman–Crippen LogP) is 2.94. The van der Waals surface area contributed by atoms with Crippen LogP contribution in [0.4, 0.5) is 4.39 Å². The maximum atomic E-state index is 13.4. The number of halogens is 1. The first-order valence-electron chi connectivity index (χ1n) is 4.31. The highest BCUT2D eigenvalue weighted by Gasteiger charge is 2.12. The van der Waals surface area contributed by atoms with Gasteiger partial charge in [0.05, 0.1) is 6.04 Å². The number of benzene rings is 1. The average molecular weight is 207 g/mol. The lowest BCUT2D eigenvalue weighted by Crippen LogP contribution is -2.12. The minimum Gasteiger partial charge on any atom is -0.320 e. The molecule has 1 nitrogen and oxygen atoms in total. The first kappa shape index (κ1) is 9.37. The molecule has 1 aromatic heterocycles. The van der Waals surface area contributed by atoms with Gasteiger partial charge in [0.1, 0.15) is 5.82 Å². The van der Waals surface area contributed by atoms with Crippen molar-refractivity contribution in [3.8, 4) is 0 Å². The summed E-state index contributed by atoms with van der Waals surface area (Å²) in [7, 11) is 0. The van der Waals surface area contributed by atoms with Gasteiger partial charge in [0.15, 0.2) is 0 Å². The third kappa shape index (κ3) is 1.69. The van der Waals surface area contributed by atoms with Crippen molar-refractivity contribution in [2.75, 3.05) is 0 Å².